The van der Waals surface area contributed by atoms with Gasteiger partial charge in [-0.1, -0.05) is 13.8 Å². The van der Waals surface area contributed by atoms with Gasteiger partial charge in [-0.3, -0.25) is 9.59 Å². The zero-order valence-electron chi connectivity index (χ0n) is 10.6. The summed E-state index contributed by atoms with van der Waals surface area (Å²) in [6.45, 7) is 4.16. The molecule has 1 atom stereocenters. The minimum Gasteiger partial charge on any atom is -0.444 e. The maximum atomic E-state index is 11.8. The van der Waals surface area contributed by atoms with Crippen molar-refractivity contribution in [2.75, 3.05) is 6.54 Å². The lowest BCUT2D eigenvalue weighted by Gasteiger charge is -2.33. The quantitative estimate of drug-likeness (QED) is 0.844. The van der Waals surface area contributed by atoms with Gasteiger partial charge in [-0.05, 0) is 6.42 Å². The molecule has 2 rings (SSSR count). The minimum absolute atomic E-state index is 0.0523. The van der Waals surface area contributed by atoms with E-state index >= 15 is 0 Å². The summed E-state index contributed by atoms with van der Waals surface area (Å²) < 4.78 is 5.48. The van der Waals surface area contributed by atoms with E-state index in [2.05, 4.69) is 10.3 Å². The molecule has 2 amide bonds. The topological polar surface area (TPSA) is 75.4 Å². The third kappa shape index (κ3) is 2.37. The van der Waals surface area contributed by atoms with Gasteiger partial charge in [0.15, 0.2) is 0 Å². The van der Waals surface area contributed by atoms with E-state index in [0.29, 0.717) is 12.3 Å². The van der Waals surface area contributed by atoms with Gasteiger partial charge in [0.2, 0.25) is 17.7 Å². The highest BCUT2D eigenvalue weighted by Gasteiger charge is 2.33. The third-order valence-electron chi connectivity index (χ3n) is 3.06. The van der Waals surface area contributed by atoms with Crippen LogP contribution in [0.25, 0.3) is 0 Å². The fraction of sp³-hybridized carbons (Fsp3) is 0.583. The van der Waals surface area contributed by atoms with Crippen LogP contribution in [0, 0.1) is 0 Å². The van der Waals surface area contributed by atoms with Gasteiger partial charge >= 0.3 is 0 Å². The largest absolute Gasteiger partial charge is 0.444 e. The van der Waals surface area contributed by atoms with E-state index in [-0.39, 0.29) is 24.9 Å². The number of aromatic nitrogens is 1. The van der Waals surface area contributed by atoms with Crippen LogP contribution in [0.3, 0.4) is 0 Å². The number of amides is 2. The molecule has 0 spiro atoms. The van der Waals surface area contributed by atoms with Gasteiger partial charge in [0, 0.05) is 6.42 Å². The third-order valence-corrected chi connectivity index (χ3v) is 3.06. The Labute approximate surface area is 105 Å². The molecule has 0 aliphatic carbocycles. The first-order valence-corrected chi connectivity index (χ1v) is 6.16. The Morgan fingerprint density at radius 1 is 1.50 bits per heavy atom. The van der Waals surface area contributed by atoms with E-state index in [9.17, 15) is 9.59 Å². The lowest BCUT2D eigenvalue weighted by atomic mass is 10.1. The molecule has 18 heavy (non-hydrogen) atoms. The van der Waals surface area contributed by atoms with Crippen molar-refractivity contribution in [2.45, 2.75) is 39.3 Å². The van der Waals surface area contributed by atoms with Crippen molar-refractivity contribution in [3.05, 3.63) is 17.8 Å². The molecular weight excluding hydrogens is 234 g/mol. The highest BCUT2D eigenvalue weighted by molar-refractivity contribution is 5.94. The number of carbonyl (C=O) groups is 2. The second kappa shape index (κ2) is 5.20. The average molecular weight is 251 g/mol. The summed E-state index contributed by atoms with van der Waals surface area (Å²) in [5.74, 6) is 1.05. The Kier molecular flexibility index (Phi) is 3.64. The normalized spacial score (nSPS) is 20.1. The Morgan fingerprint density at radius 3 is 2.89 bits per heavy atom. The first-order valence-electron chi connectivity index (χ1n) is 6.16. The van der Waals surface area contributed by atoms with Crippen molar-refractivity contribution in [1.29, 1.82) is 0 Å². The molecule has 1 aromatic heterocycles. The van der Waals surface area contributed by atoms with Crippen LogP contribution in [0.15, 0.2) is 10.6 Å². The molecule has 0 bridgehead atoms. The smallest absolute Gasteiger partial charge is 0.243 e. The van der Waals surface area contributed by atoms with Gasteiger partial charge in [0.1, 0.15) is 11.8 Å². The van der Waals surface area contributed by atoms with Crippen molar-refractivity contribution in [3.63, 3.8) is 0 Å². The fourth-order valence-electron chi connectivity index (χ4n) is 2.03. The van der Waals surface area contributed by atoms with Crippen LogP contribution < -0.4 is 5.32 Å². The van der Waals surface area contributed by atoms with E-state index in [1.807, 2.05) is 13.8 Å². The Morgan fingerprint density at radius 2 is 2.28 bits per heavy atom. The lowest BCUT2D eigenvalue weighted by Crippen LogP contribution is -2.57. The molecule has 1 aromatic rings. The molecule has 6 nitrogen and oxygen atoms in total. The summed E-state index contributed by atoms with van der Waals surface area (Å²) in [5, 5.41) is 2.58. The van der Waals surface area contributed by atoms with Gasteiger partial charge in [0.25, 0.3) is 0 Å². The number of oxazole rings is 1. The van der Waals surface area contributed by atoms with Gasteiger partial charge < -0.3 is 14.6 Å². The second-order valence-corrected chi connectivity index (χ2v) is 4.24. The average Bonchev–Trinajstić information content (AvgIpc) is 2.82. The van der Waals surface area contributed by atoms with Gasteiger partial charge in [-0.25, -0.2) is 4.98 Å². The van der Waals surface area contributed by atoms with Crippen LogP contribution in [0.4, 0.5) is 0 Å². The predicted molar refractivity (Wildman–Crippen MR) is 63.5 cm³/mol. The Hall–Kier alpha value is -1.85. The maximum absolute atomic E-state index is 11.8. The molecule has 1 aliphatic heterocycles. The standard InChI is InChI=1S/C12H17N3O3/c1-3-8-5-13-10(18-8)7-15-9(4-2)12(17)14-6-11(15)16/h5,9H,3-4,6-7H2,1-2H3,(H,14,17). The molecule has 2 heterocycles. The first-order chi connectivity index (χ1) is 8.65. The fourth-order valence-corrected chi connectivity index (χ4v) is 2.03. The minimum atomic E-state index is -0.428. The summed E-state index contributed by atoms with van der Waals surface area (Å²) in [6.07, 6.45) is 3.00. The summed E-state index contributed by atoms with van der Waals surface area (Å²) in [5.41, 5.74) is 0. The lowest BCUT2D eigenvalue weighted by molar-refractivity contribution is -0.146. The molecule has 0 radical (unpaired) electrons. The molecule has 0 aromatic carbocycles. The first kappa shape index (κ1) is 12.6. The number of hydrogen-bond acceptors (Lipinski definition) is 4. The van der Waals surface area contributed by atoms with Crippen molar-refractivity contribution in [1.82, 2.24) is 15.2 Å². The molecule has 1 N–H and O–H groups in total. The van der Waals surface area contributed by atoms with Crippen molar-refractivity contribution in [3.8, 4) is 0 Å². The molecule has 1 saturated heterocycles. The van der Waals surface area contributed by atoms with Crippen LogP contribution in [0.1, 0.15) is 31.9 Å². The van der Waals surface area contributed by atoms with Crippen LogP contribution in [0.5, 0.6) is 0 Å². The van der Waals surface area contributed by atoms with Crippen LogP contribution in [-0.4, -0.2) is 34.3 Å². The number of carbonyl (C=O) groups excluding carboxylic acids is 2. The van der Waals surface area contributed by atoms with Crippen LogP contribution in [0.2, 0.25) is 0 Å². The van der Waals surface area contributed by atoms with Crippen LogP contribution >= 0.6 is 0 Å². The maximum Gasteiger partial charge on any atom is 0.243 e. The number of rotatable bonds is 4. The molecule has 0 saturated carbocycles. The van der Waals surface area contributed by atoms with Crippen molar-refractivity contribution in [2.24, 2.45) is 0 Å². The van der Waals surface area contributed by atoms with Crippen molar-refractivity contribution >= 4 is 11.8 Å². The number of nitrogens with zero attached hydrogens (tertiary/aromatic N) is 2. The monoisotopic (exact) mass is 251 g/mol. The summed E-state index contributed by atoms with van der Waals surface area (Å²) in [7, 11) is 0. The predicted octanol–water partition coefficient (Wildman–Crippen LogP) is 0.474. The molecule has 1 fully saturated rings. The number of nitrogens with one attached hydrogen (secondary N) is 1. The van der Waals surface area contributed by atoms with E-state index in [0.717, 1.165) is 12.2 Å². The number of piperazine rings is 1. The van der Waals surface area contributed by atoms with E-state index in [4.69, 9.17) is 4.42 Å². The summed E-state index contributed by atoms with van der Waals surface area (Å²) in [6, 6.07) is -0.428. The van der Waals surface area contributed by atoms with Crippen molar-refractivity contribution < 1.29 is 14.0 Å². The molecular formula is C12H17N3O3. The molecule has 98 valence electrons. The van der Waals surface area contributed by atoms with E-state index in [1.165, 1.54) is 4.90 Å². The van der Waals surface area contributed by atoms with E-state index in [1.54, 1.807) is 6.20 Å². The SMILES string of the molecule is CCc1cnc(CN2C(=O)CNC(=O)C2CC)o1. The van der Waals surface area contributed by atoms with Gasteiger partial charge in [-0.15, -0.1) is 0 Å². The van der Waals surface area contributed by atoms with Gasteiger partial charge in [-0.2, -0.15) is 0 Å². The Bertz CT molecular complexity index is 455. The number of hydrogen-bond donors (Lipinski definition) is 1. The molecule has 1 unspecified atom stereocenters. The summed E-state index contributed by atoms with van der Waals surface area (Å²) in [4.78, 5) is 29.2. The number of aryl methyl sites for hydroxylation is 1. The summed E-state index contributed by atoms with van der Waals surface area (Å²) >= 11 is 0. The highest BCUT2D eigenvalue weighted by atomic mass is 16.4. The molecule has 1 aliphatic rings. The van der Waals surface area contributed by atoms with Gasteiger partial charge in [0.05, 0.1) is 19.3 Å². The zero-order valence-corrected chi connectivity index (χ0v) is 10.6. The second-order valence-electron chi connectivity index (χ2n) is 4.24. The van der Waals surface area contributed by atoms with E-state index < -0.39 is 6.04 Å². The zero-order chi connectivity index (χ0) is 13.1. The highest BCUT2D eigenvalue weighted by Crippen LogP contribution is 2.14. The Balaban J connectivity index is 2.13. The molecule has 6 heteroatoms. The van der Waals surface area contributed by atoms with Crippen LogP contribution in [-0.2, 0) is 22.6 Å².